The maximum Gasteiger partial charge on any atom is 0.0809 e. The molecule has 0 bridgehead atoms. The number of fused-ring (bicyclic) bond motifs is 1. The maximum atomic E-state index is 9.91. The van der Waals surface area contributed by atoms with E-state index in [1.807, 2.05) is 30.3 Å². The van der Waals surface area contributed by atoms with Crippen molar-refractivity contribution in [3.05, 3.63) is 42.1 Å². The monoisotopic (exact) mass is 202 g/mol. The molecule has 1 aromatic carbocycles. The Morgan fingerprint density at radius 1 is 1.27 bits per heavy atom. The van der Waals surface area contributed by atoms with Gasteiger partial charge in [0, 0.05) is 11.6 Å². The van der Waals surface area contributed by atoms with Crippen molar-refractivity contribution >= 4 is 10.9 Å². The smallest absolute Gasteiger partial charge is 0.0809 e. The van der Waals surface area contributed by atoms with Gasteiger partial charge in [-0.2, -0.15) is 0 Å². The topological polar surface area (TPSA) is 59.1 Å². The van der Waals surface area contributed by atoms with Crippen molar-refractivity contribution in [2.75, 3.05) is 6.54 Å². The summed E-state index contributed by atoms with van der Waals surface area (Å²) in [7, 11) is 0. The molecule has 0 amide bonds. The van der Waals surface area contributed by atoms with Crippen LogP contribution in [-0.4, -0.2) is 16.6 Å². The molecule has 0 radical (unpaired) electrons. The Labute approximate surface area is 88.6 Å². The minimum absolute atomic E-state index is 0.484. The summed E-state index contributed by atoms with van der Waals surface area (Å²) in [5.74, 6) is 0. The highest BCUT2D eigenvalue weighted by Crippen LogP contribution is 2.24. The number of aliphatic hydroxyl groups excluding tert-OH is 1. The number of aromatic nitrogens is 1. The molecule has 2 rings (SSSR count). The van der Waals surface area contributed by atoms with Crippen LogP contribution in [0.25, 0.3) is 10.9 Å². The lowest BCUT2D eigenvalue weighted by molar-refractivity contribution is 0.172. The number of para-hydroxylation sites is 1. The Kier molecular flexibility index (Phi) is 2.94. The molecule has 78 valence electrons. The lowest BCUT2D eigenvalue weighted by atomic mass is 10.0. The van der Waals surface area contributed by atoms with E-state index in [2.05, 4.69) is 4.98 Å². The zero-order chi connectivity index (χ0) is 10.7. The van der Waals surface area contributed by atoms with Crippen LogP contribution in [0.2, 0.25) is 0 Å². The van der Waals surface area contributed by atoms with Gasteiger partial charge in [0.2, 0.25) is 0 Å². The van der Waals surface area contributed by atoms with Gasteiger partial charge in [-0.1, -0.05) is 18.2 Å². The first kappa shape index (κ1) is 10.1. The van der Waals surface area contributed by atoms with E-state index in [1.54, 1.807) is 6.20 Å². The molecular weight excluding hydrogens is 188 g/mol. The standard InChI is InChI=1S/C12H14N2O/c13-7-5-12(15)10-6-8-14-11-4-2-1-3-9(10)11/h1-4,6,8,12,15H,5,7,13H2. The Hall–Kier alpha value is -1.45. The summed E-state index contributed by atoms with van der Waals surface area (Å²) in [5.41, 5.74) is 7.25. The van der Waals surface area contributed by atoms with E-state index in [1.165, 1.54) is 0 Å². The van der Waals surface area contributed by atoms with Crippen molar-refractivity contribution in [3.8, 4) is 0 Å². The van der Waals surface area contributed by atoms with Crippen molar-refractivity contribution in [1.29, 1.82) is 0 Å². The van der Waals surface area contributed by atoms with Crippen molar-refractivity contribution < 1.29 is 5.11 Å². The second kappa shape index (κ2) is 4.38. The molecule has 3 heteroatoms. The van der Waals surface area contributed by atoms with Gasteiger partial charge in [-0.15, -0.1) is 0 Å². The molecule has 15 heavy (non-hydrogen) atoms. The summed E-state index contributed by atoms with van der Waals surface area (Å²) in [6.45, 7) is 0.484. The molecule has 0 saturated heterocycles. The minimum Gasteiger partial charge on any atom is -0.388 e. The summed E-state index contributed by atoms with van der Waals surface area (Å²) in [6, 6.07) is 9.64. The van der Waals surface area contributed by atoms with E-state index < -0.39 is 6.10 Å². The third-order valence-corrected chi connectivity index (χ3v) is 2.48. The molecule has 3 nitrogen and oxygen atoms in total. The van der Waals surface area contributed by atoms with Crippen molar-refractivity contribution in [2.45, 2.75) is 12.5 Å². The van der Waals surface area contributed by atoms with E-state index in [0.29, 0.717) is 13.0 Å². The number of nitrogens with zero attached hydrogens (tertiary/aromatic N) is 1. The first-order valence-electron chi connectivity index (χ1n) is 5.04. The quantitative estimate of drug-likeness (QED) is 0.795. The number of pyridine rings is 1. The minimum atomic E-state index is -0.497. The molecule has 1 aromatic heterocycles. The highest BCUT2D eigenvalue weighted by Gasteiger charge is 2.09. The number of hydrogen-bond donors (Lipinski definition) is 2. The van der Waals surface area contributed by atoms with Crippen LogP contribution in [0.5, 0.6) is 0 Å². The first-order chi connectivity index (χ1) is 7.33. The highest BCUT2D eigenvalue weighted by molar-refractivity contribution is 5.82. The largest absolute Gasteiger partial charge is 0.388 e. The molecular formula is C12H14N2O. The molecule has 1 atom stereocenters. The second-order valence-corrected chi connectivity index (χ2v) is 3.51. The lowest BCUT2D eigenvalue weighted by Crippen LogP contribution is -2.07. The fraction of sp³-hybridized carbons (Fsp3) is 0.250. The molecule has 0 aliphatic heterocycles. The van der Waals surface area contributed by atoms with E-state index in [9.17, 15) is 5.11 Å². The molecule has 0 fully saturated rings. The van der Waals surface area contributed by atoms with Gasteiger partial charge >= 0.3 is 0 Å². The maximum absolute atomic E-state index is 9.91. The van der Waals surface area contributed by atoms with Crippen LogP contribution in [0.15, 0.2) is 36.5 Å². The molecule has 0 aliphatic carbocycles. The van der Waals surface area contributed by atoms with Gasteiger partial charge in [0.15, 0.2) is 0 Å². The van der Waals surface area contributed by atoms with E-state index >= 15 is 0 Å². The Balaban J connectivity index is 2.50. The van der Waals surface area contributed by atoms with Crippen LogP contribution >= 0.6 is 0 Å². The Morgan fingerprint density at radius 2 is 2.07 bits per heavy atom. The molecule has 0 aliphatic rings. The van der Waals surface area contributed by atoms with Crippen LogP contribution in [0.4, 0.5) is 0 Å². The first-order valence-corrected chi connectivity index (χ1v) is 5.04. The third-order valence-electron chi connectivity index (χ3n) is 2.48. The van der Waals surface area contributed by atoms with E-state index in [0.717, 1.165) is 16.5 Å². The van der Waals surface area contributed by atoms with Gasteiger partial charge in [-0.05, 0) is 30.7 Å². The summed E-state index contributed by atoms with van der Waals surface area (Å²) >= 11 is 0. The van der Waals surface area contributed by atoms with Gasteiger partial charge in [-0.3, -0.25) is 4.98 Å². The Bertz CT molecular complexity index is 451. The van der Waals surface area contributed by atoms with Crippen molar-refractivity contribution in [1.82, 2.24) is 4.98 Å². The van der Waals surface area contributed by atoms with Crippen LogP contribution < -0.4 is 5.73 Å². The number of benzene rings is 1. The average Bonchev–Trinajstić information content (AvgIpc) is 2.28. The molecule has 1 heterocycles. The zero-order valence-corrected chi connectivity index (χ0v) is 8.43. The molecule has 0 saturated carbocycles. The fourth-order valence-corrected chi connectivity index (χ4v) is 1.72. The lowest BCUT2D eigenvalue weighted by Gasteiger charge is -2.11. The molecule has 3 N–H and O–H groups in total. The predicted octanol–water partition coefficient (Wildman–Crippen LogP) is 1.62. The second-order valence-electron chi connectivity index (χ2n) is 3.51. The predicted molar refractivity (Wildman–Crippen MR) is 60.4 cm³/mol. The van der Waals surface area contributed by atoms with Gasteiger partial charge in [-0.25, -0.2) is 0 Å². The van der Waals surface area contributed by atoms with Gasteiger partial charge in [0.1, 0.15) is 0 Å². The number of rotatable bonds is 3. The molecule has 2 aromatic rings. The SMILES string of the molecule is NCCC(O)c1ccnc2ccccc12. The summed E-state index contributed by atoms with van der Waals surface area (Å²) in [6.07, 6.45) is 1.80. The zero-order valence-electron chi connectivity index (χ0n) is 8.43. The third kappa shape index (κ3) is 1.98. The summed E-state index contributed by atoms with van der Waals surface area (Å²) in [5, 5.41) is 10.9. The van der Waals surface area contributed by atoms with Crippen LogP contribution in [-0.2, 0) is 0 Å². The average molecular weight is 202 g/mol. The molecule has 0 spiro atoms. The Morgan fingerprint density at radius 3 is 2.87 bits per heavy atom. The van der Waals surface area contributed by atoms with Crippen molar-refractivity contribution in [3.63, 3.8) is 0 Å². The van der Waals surface area contributed by atoms with Crippen molar-refractivity contribution in [2.24, 2.45) is 5.73 Å². The van der Waals surface area contributed by atoms with Crippen LogP contribution in [0, 0.1) is 0 Å². The van der Waals surface area contributed by atoms with Crippen LogP contribution in [0.3, 0.4) is 0 Å². The van der Waals surface area contributed by atoms with Gasteiger partial charge < -0.3 is 10.8 Å². The molecule has 1 unspecified atom stereocenters. The fourth-order valence-electron chi connectivity index (χ4n) is 1.72. The normalized spacial score (nSPS) is 12.9. The number of nitrogens with two attached hydrogens (primary N) is 1. The van der Waals surface area contributed by atoms with E-state index in [-0.39, 0.29) is 0 Å². The number of aliphatic hydroxyl groups is 1. The van der Waals surface area contributed by atoms with Crippen LogP contribution in [0.1, 0.15) is 18.1 Å². The van der Waals surface area contributed by atoms with E-state index in [4.69, 9.17) is 5.73 Å². The number of hydrogen-bond acceptors (Lipinski definition) is 3. The summed E-state index contributed by atoms with van der Waals surface area (Å²) < 4.78 is 0. The summed E-state index contributed by atoms with van der Waals surface area (Å²) in [4.78, 5) is 4.24. The van der Waals surface area contributed by atoms with Gasteiger partial charge in [0.25, 0.3) is 0 Å². The van der Waals surface area contributed by atoms with Gasteiger partial charge in [0.05, 0.1) is 11.6 Å². The highest BCUT2D eigenvalue weighted by atomic mass is 16.3.